The lowest BCUT2D eigenvalue weighted by molar-refractivity contribution is -0.463. The van der Waals surface area contributed by atoms with E-state index in [1.807, 2.05) is 31.1 Å². The van der Waals surface area contributed by atoms with Crippen molar-refractivity contribution in [2.45, 2.75) is 12.3 Å². The van der Waals surface area contributed by atoms with Crippen LogP contribution in [-0.4, -0.2) is 58.5 Å². The molecule has 3 rings (SSSR count). The molecule has 0 saturated heterocycles. The van der Waals surface area contributed by atoms with E-state index in [0.717, 1.165) is 18.1 Å². The number of non-ortho nitro benzene ring substituents is 1. The van der Waals surface area contributed by atoms with Gasteiger partial charge in [0.2, 0.25) is 0 Å². The number of nitrogens with one attached hydrogen (secondary N) is 1. The van der Waals surface area contributed by atoms with Crippen molar-refractivity contribution < 1.29 is 14.3 Å². The summed E-state index contributed by atoms with van der Waals surface area (Å²) >= 11 is 2.81. The van der Waals surface area contributed by atoms with Crippen molar-refractivity contribution in [3.8, 4) is 0 Å². The SMILES string of the molecule is CN(C)Cc1ccc(CSCCN=C(C[N+](=O)[O-])Nc2nc3ccc([N+](=O)[O-])cc3s2)o1. The lowest BCUT2D eigenvalue weighted by Crippen LogP contribution is -2.23. The van der Waals surface area contributed by atoms with Crippen LogP contribution < -0.4 is 5.32 Å². The van der Waals surface area contributed by atoms with Gasteiger partial charge in [-0.15, -0.1) is 0 Å². The summed E-state index contributed by atoms with van der Waals surface area (Å²) < 4.78 is 6.37. The minimum atomic E-state index is -0.477. The average Bonchev–Trinajstić information content (AvgIpc) is 3.31. The normalized spacial score (nSPS) is 11.9. The van der Waals surface area contributed by atoms with Crippen LogP contribution in [0.3, 0.4) is 0 Å². The average molecular weight is 479 g/mol. The molecule has 170 valence electrons. The number of amidine groups is 1. The number of thiazole rings is 1. The van der Waals surface area contributed by atoms with E-state index in [1.54, 1.807) is 17.8 Å². The number of rotatable bonds is 11. The molecule has 32 heavy (non-hydrogen) atoms. The zero-order chi connectivity index (χ0) is 23.1. The molecule has 0 amide bonds. The number of nitrogens with zero attached hydrogens (tertiary/aromatic N) is 5. The molecule has 2 heterocycles. The molecule has 0 aliphatic carbocycles. The second kappa shape index (κ2) is 11.0. The van der Waals surface area contributed by atoms with Gasteiger partial charge in [-0.2, -0.15) is 11.8 Å². The van der Waals surface area contributed by atoms with Crippen molar-refractivity contribution in [2.75, 3.05) is 38.3 Å². The third-order valence-electron chi connectivity index (χ3n) is 4.08. The molecule has 0 bridgehead atoms. The van der Waals surface area contributed by atoms with Crippen LogP contribution in [0.25, 0.3) is 10.2 Å². The number of aliphatic imine (C=N–C) groups is 1. The summed E-state index contributed by atoms with van der Waals surface area (Å²) in [6.07, 6.45) is 0. The predicted octanol–water partition coefficient (Wildman–Crippen LogP) is 3.88. The Bertz CT molecular complexity index is 1130. The molecule has 0 aliphatic heterocycles. The van der Waals surface area contributed by atoms with Crippen molar-refractivity contribution in [3.05, 3.63) is 62.1 Å². The summed E-state index contributed by atoms with van der Waals surface area (Å²) in [7, 11) is 3.95. The standard InChI is InChI=1S/C19H22N6O5S2/c1-23(2)10-14-4-5-15(30-14)12-31-8-7-20-18(11-24(26)27)22-19-21-16-6-3-13(25(28)29)9-17(16)32-19/h3-6,9H,7-8,10-12H2,1-2H3,(H,20,21,22). The third-order valence-corrected chi connectivity index (χ3v) is 5.98. The number of fused-ring (bicyclic) bond motifs is 1. The van der Waals surface area contributed by atoms with Crippen LogP contribution in [-0.2, 0) is 12.3 Å². The molecule has 0 spiro atoms. The second-order valence-electron chi connectivity index (χ2n) is 7.03. The number of aromatic nitrogens is 1. The Morgan fingerprint density at radius 3 is 2.75 bits per heavy atom. The number of nitro benzene ring substituents is 1. The lowest BCUT2D eigenvalue weighted by atomic mass is 10.3. The Kier molecular flexibility index (Phi) is 8.14. The lowest BCUT2D eigenvalue weighted by Gasteiger charge is -2.05. The molecule has 1 N–H and O–H groups in total. The maximum atomic E-state index is 11.0. The Hall–Kier alpha value is -3.03. The zero-order valence-corrected chi connectivity index (χ0v) is 19.1. The van der Waals surface area contributed by atoms with Gasteiger partial charge < -0.3 is 14.6 Å². The monoisotopic (exact) mass is 478 g/mol. The number of thioether (sulfide) groups is 1. The molecule has 0 radical (unpaired) electrons. The summed E-state index contributed by atoms with van der Waals surface area (Å²) in [6, 6.07) is 8.26. The third kappa shape index (κ3) is 7.00. The van der Waals surface area contributed by atoms with Gasteiger partial charge in [0.25, 0.3) is 12.2 Å². The Morgan fingerprint density at radius 2 is 2.03 bits per heavy atom. The summed E-state index contributed by atoms with van der Waals surface area (Å²) in [5.74, 6) is 3.33. The zero-order valence-electron chi connectivity index (χ0n) is 17.5. The molecule has 3 aromatic rings. The molecule has 1 aromatic carbocycles. The van der Waals surface area contributed by atoms with Gasteiger partial charge in [0.1, 0.15) is 11.5 Å². The van der Waals surface area contributed by atoms with Crippen molar-refractivity contribution in [2.24, 2.45) is 4.99 Å². The van der Waals surface area contributed by atoms with Crippen molar-refractivity contribution in [1.82, 2.24) is 9.88 Å². The van der Waals surface area contributed by atoms with Gasteiger partial charge in [0.05, 0.1) is 34.0 Å². The highest BCUT2D eigenvalue weighted by Crippen LogP contribution is 2.29. The Labute approximate surface area is 191 Å². The number of hydrogen-bond donors (Lipinski definition) is 1. The van der Waals surface area contributed by atoms with Gasteiger partial charge >= 0.3 is 0 Å². The highest BCUT2D eigenvalue weighted by atomic mass is 32.2. The quantitative estimate of drug-likeness (QED) is 0.143. The smallest absolute Gasteiger partial charge is 0.270 e. The van der Waals surface area contributed by atoms with Crippen LogP contribution in [0.2, 0.25) is 0 Å². The minimum Gasteiger partial charge on any atom is -0.464 e. The molecule has 0 fully saturated rings. The molecular formula is C19H22N6O5S2. The number of benzene rings is 1. The topological polar surface area (TPSA) is 140 Å². The number of anilines is 1. The van der Waals surface area contributed by atoms with Crippen LogP contribution >= 0.6 is 23.1 Å². The molecular weight excluding hydrogens is 456 g/mol. The van der Waals surface area contributed by atoms with E-state index < -0.39 is 16.4 Å². The minimum absolute atomic E-state index is 0.0331. The van der Waals surface area contributed by atoms with Gasteiger partial charge in [-0.1, -0.05) is 11.3 Å². The van der Waals surface area contributed by atoms with E-state index in [4.69, 9.17) is 4.42 Å². The first kappa shape index (κ1) is 23.6. The van der Waals surface area contributed by atoms with Crippen LogP contribution in [0, 0.1) is 20.2 Å². The van der Waals surface area contributed by atoms with Gasteiger partial charge in [-0.05, 0) is 32.3 Å². The van der Waals surface area contributed by atoms with Gasteiger partial charge in [0, 0.05) is 22.8 Å². The summed E-state index contributed by atoms with van der Waals surface area (Å²) in [5.41, 5.74) is 0.542. The summed E-state index contributed by atoms with van der Waals surface area (Å²) in [5, 5.41) is 25.2. The molecule has 13 heteroatoms. The Morgan fingerprint density at radius 1 is 1.25 bits per heavy atom. The summed E-state index contributed by atoms with van der Waals surface area (Å²) in [6.45, 7) is 0.666. The van der Waals surface area contributed by atoms with Crippen LogP contribution in [0.5, 0.6) is 0 Å². The highest BCUT2D eigenvalue weighted by molar-refractivity contribution is 7.98. The number of nitro groups is 2. The Balaban J connectivity index is 1.56. The van der Waals surface area contributed by atoms with E-state index in [0.29, 0.717) is 33.4 Å². The fourth-order valence-electron chi connectivity index (χ4n) is 2.77. The van der Waals surface area contributed by atoms with Crippen molar-refractivity contribution in [3.63, 3.8) is 0 Å². The molecule has 0 aliphatic rings. The van der Waals surface area contributed by atoms with Crippen molar-refractivity contribution in [1.29, 1.82) is 0 Å². The second-order valence-corrected chi connectivity index (χ2v) is 9.17. The summed E-state index contributed by atoms with van der Waals surface area (Å²) in [4.78, 5) is 31.7. The maximum absolute atomic E-state index is 11.0. The first-order valence-corrected chi connectivity index (χ1v) is 11.5. The fourth-order valence-corrected chi connectivity index (χ4v) is 4.41. The fraction of sp³-hybridized carbons (Fsp3) is 0.368. The van der Waals surface area contributed by atoms with E-state index in [-0.39, 0.29) is 11.5 Å². The maximum Gasteiger partial charge on any atom is 0.270 e. The predicted molar refractivity (Wildman–Crippen MR) is 126 cm³/mol. The van der Waals surface area contributed by atoms with E-state index in [1.165, 1.54) is 23.5 Å². The van der Waals surface area contributed by atoms with Gasteiger partial charge in [0.15, 0.2) is 11.0 Å². The van der Waals surface area contributed by atoms with Crippen LogP contribution in [0.15, 0.2) is 39.7 Å². The van der Waals surface area contributed by atoms with E-state index >= 15 is 0 Å². The van der Waals surface area contributed by atoms with Crippen LogP contribution in [0.1, 0.15) is 11.5 Å². The first-order valence-electron chi connectivity index (χ1n) is 9.57. The molecule has 11 nitrogen and oxygen atoms in total. The van der Waals surface area contributed by atoms with Crippen molar-refractivity contribution >= 4 is 50.0 Å². The number of furan rings is 1. The largest absolute Gasteiger partial charge is 0.464 e. The van der Waals surface area contributed by atoms with E-state index in [9.17, 15) is 20.2 Å². The highest BCUT2D eigenvalue weighted by Gasteiger charge is 2.14. The van der Waals surface area contributed by atoms with Crippen LogP contribution in [0.4, 0.5) is 10.8 Å². The molecule has 0 unspecified atom stereocenters. The molecule has 0 saturated carbocycles. The van der Waals surface area contributed by atoms with E-state index in [2.05, 4.69) is 15.3 Å². The first-order chi connectivity index (χ1) is 15.3. The molecule has 2 aromatic heterocycles. The van der Waals surface area contributed by atoms with Gasteiger partial charge in [-0.3, -0.25) is 25.2 Å². The number of hydrogen-bond acceptors (Lipinski definition) is 10. The molecule has 0 atom stereocenters. The van der Waals surface area contributed by atoms with Gasteiger partial charge in [-0.25, -0.2) is 4.98 Å².